The molecule has 1 aromatic heterocycles. The number of carbonyl (C=O) groups excluding carboxylic acids is 2. The molecule has 3 heterocycles. The van der Waals surface area contributed by atoms with Gasteiger partial charge < -0.3 is 9.80 Å². The van der Waals surface area contributed by atoms with Gasteiger partial charge in [0.2, 0.25) is 5.91 Å². The van der Waals surface area contributed by atoms with Crippen molar-refractivity contribution in [3.05, 3.63) is 58.3 Å². The average Bonchev–Trinajstić information content (AvgIpc) is 3.34. The smallest absolute Gasteiger partial charge is 0.254 e. The van der Waals surface area contributed by atoms with Crippen LogP contribution in [0, 0.1) is 11.8 Å². The third kappa shape index (κ3) is 5.51. The summed E-state index contributed by atoms with van der Waals surface area (Å²) in [5.41, 5.74) is 2.22. The standard InChI is InChI=1S/C25H32N2O2S/c28-24(26-13-10-22(11-14-26)18-21-4-2-1-3-5-21)7-6-20-8-15-27(16-9-20)25(29)23-12-17-30-19-23/h1-5,12,17,19-20,22H,6-11,13-16,18H2. The van der Waals surface area contributed by atoms with Crippen molar-refractivity contribution in [3.8, 4) is 0 Å². The zero-order valence-corrected chi connectivity index (χ0v) is 18.5. The zero-order chi connectivity index (χ0) is 20.8. The summed E-state index contributed by atoms with van der Waals surface area (Å²) in [5.74, 6) is 1.74. The number of hydrogen-bond acceptors (Lipinski definition) is 3. The van der Waals surface area contributed by atoms with Crippen molar-refractivity contribution < 1.29 is 9.59 Å². The molecule has 0 N–H and O–H groups in total. The van der Waals surface area contributed by atoms with Gasteiger partial charge in [-0.3, -0.25) is 9.59 Å². The van der Waals surface area contributed by atoms with Gasteiger partial charge in [0.1, 0.15) is 0 Å². The molecule has 0 saturated carbocycles. The Balaban J connectivity index is 1.14. The first kappa shape index (κ1) is 21.1. The summed E-state index contributed by atoms with van der Waals surface area (Å²) in [6, 6.07) is 12.6. The van der Waals surface area contributed by atoms with Gasteiger partial charge in [0.25, 0.3) is 5.91 Å². The second-order valence-electron chi connectivity index (χ2n) is 8.80. The minimum Gasteiger partial charge on any atom is -0.343 e. The van der Waals surface area contributed by atoms with E-state index in [0.29, 0.717) is 24.2 Å². The van der Waals surface area contributed by atoms with Gasteiger partial charge in [0.05, 0.1) is 5.56 Å². The molecule has 0 bridgehead atoms. The number of piperidine rings is 2. The van der Waals surface area contributed by atoms with Gasteiger partial charge in [-0.1, -0.05) is 30.3 Å². The van der Waals surface area contributed by atoms with Crippen LogP contribution < -0.4 is 0 Å². The number of rotatable bonds is 6. The summed E-state index contributed by atoms with van der Waals surface area (Å²) >= 11 is 1.57. The number of hydrogen-bond donors (Lipinski definition) is 0. The predicted molar refractivity (Wildman–Crippen MR) is 122 cm³/mol. The molecule has 160 valence electrons. The van der Waals surface area contributed by atoms with Crippen LogP contribution in [0.5, 0.6) is 0 Å². The van der Waals surface area contributed by atoms with Gasteiger partial charge in [-0.25, -0.2) is 0 Å². The highest BCUT2D eigenvalue weighted by Gasteiger charge is 2.26. The van der Waals surface area contributed by atoms with Crippen LogP contribution in [0.2, 0.25) is 0 Å². The van der Waals surface area contributed by atoms with Gasteiger partial charge in [0, 0.05) is 38.0 Å². The van der Waals surface area contributed by atoms with Crippen molar-refractivity contribution in [1.29, 1.82) is 0 Å². The lowest BCUT2D eigenvalue weighted by molar-refractivity contribution is -0.133. The van der Waals surface area contributed by atoms with Crippen LogP contribution in [-0.4, -0.2) is 47.8 Å². The number of nitrogens with zero attached hydrogens (tertiary/aromatic N) is 2. The number of benzene rings is 1. The van der Waals surface area contributed by atoms with E-state index in [4.69, 9.17) is 0 Å². The Morgan fingerprint density at radius 2 is 1.53 bits per heavy atom. The minimum absolute atomic E-state index is 0.157. The molecule has 0 aliphatic carbocycles. The first-order valence-electron chi connectivity index (χ1n) is 11.3. The fraction of sp³-hybridized carbons (Fsp3) is 0.520. The zero-order valence-electron chi connectivity index (χ0n) is 17.7. The van der Waals surface area contributed by atoms with Gasteiger partial charge in [-0.05, 0) is 67.4 Å². The first-order chi connectivity index (χ1) is 14.7. The SMILES string of the molecule is O=C(CCC1CCN(C(=O)c2ccsc2)CC1)N1CCC(Cc2ccccc2)CC1. The Morgan fingerprint density at radius 3 is 2.20 bits per heavy atom. The Morgan fingerprint density at radius 1 is 0.867 bits per heavy atom. The summed E-state index contributed by atoms with van der Waals surface area (Å²) in [4.78, 5) is 29.2. The molecule has 2 aliphatic rings. The Labute approximate surface area is 183 Å². The van der Waals surface area contributed by atoms with Crippen molar-refractivity contribution in [1.82, 2.24) is 9.80 Å². The number of carbonyl (C=O) groups is 2. The topological polar surface area (TPSA) is 40.6 Å². The lowest BCUT2D eigenvalue weighted by Crippen LogP contribution is -2.40. The fourth-order valence-electron chi connectivity index (χ4n) is 4.81. The predicted octanol–water partition coefficient (Wildman–Crippen LogP) is 4.86. The number of thiophene rings is 1. The molecule has 2 amide bonds. The molecule has 1 aromatic carbocycles. The Kier molecular flexibility index (Phi) is 7.21. The van der Waals surface area contributed by atoms with E-state index in [-0.39, 0.29) is 5.91 Å². The molecular weight excluding hydrogens is 392 g/mol. The van der Waals surface area contributed by atoms with Crippen LogP contribution in [0.3, 0.4) is 0 Å². The summed E-state index contributed by atoms with van der Waals surface area (Å²) in [5, 5.41) is 3.88. The summed E-state index contributed by atoms with van der Waals surface area (Å²) in [6.45, 7) is 3.45. The third-order valence-electron chi connectivity index (χ3n) is 6.77. The maximum atomic E-state index is 12.7. The Hall–Kier alpha value is -2.14. The molecule has 4 nitrogen and oxygen atoms in total. The second-order valence-corrected chi connectivity index (χ2v) is 9.58. The molecule has 4 rings (SSSR count). The molecule has 2 fully saturated rings. The van der Waals surface area contributed by atoms with E-state index in [1.54, 1.807) is 11.3 Å². The average molecular weight is 425 g/mol. The van der Waals surface area contributed by atoms with Crippen molar-refractivity contribution in [3.63, 3.8) is 0 Å². The van der Waals surface area contributed by atoms with E-state index in [2.05, 4.69) is 35.2 Å². The highest BCUT2D eigenvalue weighted by Crippen LogP contribution is 2.26. The van der Waals surface area contributed by atoms with Gasteiger partial charge >= 0.3 is 0 Å². The van der Waals surface area contributed by atoms with Crippen LogP contribution in [0.1, 0.15) is 54.4 Å². The van der Waals surface area contributed by atoms with E-state index in [1.807, 2.05) is 21.7 Å². The van der Waals surface area contributed by atoms with Crippen molar-refractivity contribution in [2.24, 2.45) is 11.8 Å². The summed E-state index contributed by atoms with van der Waals surface area (Å²) < 4.78 is 0. The molecule has 0 radical (unpaired) electrons. The van der Waals surface area contributed by atoms with E-state index in [9.17, 15) is 9.59 Å². The molecule has 2 saturated heterocycles. The van der Waals surface area contributed by atoms with Gasteiger partial charge in [0.15, 0.2) is 0 Å². The van der Waals surface area contributed by atoms with Crippen LogP contribution in [0.4, 0.5) is 0 Å². The maximum Gasteiger partial charge on any atom is 0.254 e. The van der Waals surface area contributed by atoms with E-state index in [1.165, 1.54) is 5.56 Å². The van der Waals surface area contributed by atoms with Crippen LogP contribution in [-0.2, 0) is 11.2 Å². The number of likely N-dealkylation sites (tertiary alicyclic amines) is 2. The number of amides is 2. The highest BCUT2D eigenvalue weighted by molar-refractivity contribution is 7.08. The largest absolute Gasteiger partial charge is 0.343 e. The van der Waals surface area contributed by atoms with Crippen LogP contribution >= 0.6 is 11.3 Å². The van der Waals surface area contributed by atoms with E-state index >= 15 is 0 Å². The molecule has 2 aromatic rings. The third-order valence-corrected chi connectivity index (χ3v) is 7.45. The molecule has 0 spiro atoms. The lowest BCUT2D eigenvalue weighted by Gasteiger charge is -2.34. The van der Waals surface area contributed by atoms with Crippen LogP contribution in [0.15, 0.2) is 47.2 Å². The molecule has 2 aliphatic heterocycles. The van der Waals surface area contributed by atoms with Gasteiger partial charge in [-0.15, -0.1) is 0 Å². The molecule has 30 heavy (non-hydrogen) atoms. The summed E-state index contributed by atoms with van der Waals surface area (Å²) in [7, 11) is 0. The summed E-state index contributed by atoms with van der Waals surface area (Å²) in [6.07, 6.45) is 7.01. The van der Waals surface area contributed by atoms with E-state index in [0.717, 1.165) is 70.3 Å². The molecule has 5 heteroatoms. The van der Waals surface area contributed by atoms with Crippen molar-refractivity contribution >= 4 is 23.2 Å². The molecular formula is C25H32N2O2S. The van der Waals surface area contributed by atoms with Crippen molar-refractivity contribution in [2.75, 3.05) is 26.2 Å². The molecule has 0 unspecified atom stereocenters. The molecule has 0 atom stereocenters. The normalized spacial score (nSPS) is 18.5. The fourth-order valence-corrected chi connectivity index (χ4v) is 5.44. The second kappa shape index (κ2) is 10.3. The highest BCUT2D eigenvalue weighted by atomic mass is 32.1. The Bertz CT molecular complexity index is 805. The lowest BCUT2D eigenvalue weighted by atomic mass is 9.89. The first-order valence-corrected chi connectivity index (χ1v) is 12.3. The maximum absolute atomic E-state index is 12.7. The van der Waals surface area contributed by atoms with Crippen LogP contribution in [0.25, 0.3) is 0 Å². The van der Waals surface area contributed by atoms with E-state index < -0.39 is 0 Å². The monoisotopic (exact) mass is 424 g/mol. The quantitative estimate of drug-likeness (QED) is 0.664. The van der Waals surface area contributed by atoms with Crippen molar-refractivity contribution in [2.45, 2.75) is 44.9 Å². The minimum atomic E-state index is 0.157. The van der Waals surface area contributed by atoms with Gasteiger partial charge in [-0.2, -0.15) is 11.3 Å².